The van der Waals surface area contributed by atoms with Crippen LogP contribution in [-0.4, -0.2) is 22.6 Å². The van der Waals surface area contributed by atoms with Crippen molar-refractivity contribution in [3.63, 3.8) is 0 Å². The van der Waals surface area contributed by atoms with E-state index in [-0.39, 0.29) is 5.91 Å². The molecule has 2 aromatic rings. The van der Waals surface area contributed by atoms with Crippen molar-refractivity contribution in [2.45, 2.75) is 13.0 Å². The number of nitrogens with zero attached hydrogens (tertiary/aromatic N) is 2. The van der Waals surface area contributed by atoms with Gasteiger partial charge in [-0.05, 0) is 24.6 Å². The second-order valence-electron chi connectivity index (χ2n) is 4.17. The number of aromatic nitrogens is 2. The lowest BCUT2D eigenvalue weighted by atomic mass is 10.1. The molecule has 0 saturated heterocycles. The van der Waals surface area contributed by atoms with E-state index < -0.39 is 0 Å². The monoisotopic (exact) mass is 273 g/mol. The van der Waals surface area contributed by atoms with Gasteiger partial charge in [0.1, 0.15) is 16.8 Å². The fourth-order valence-corrected chi connectivity index (χ4v) is 3.26. The molecular weight excluding hydrogens is 262 g/mol. The van der Waals surface area contributed by atoms with E-state index >= 15 is 0 Å². The lowest BCUT2D eigenvalue weighted by molar-refractivity contribution is 0.102. The summed E-state index contributed by atoms with van der Waals surface area (Å²) in [6, 6.07) is 3.79. The molecule has 3 rings (SSSR count). The molecule has 0 radical (unpaired) electrons. The third-order valence-electron chi connectivity index (χ3n) is 3.01. The summed E-state index contributed by atoms with van der Waals surface area (Å²) in [6.07, 6.45) is 2.35. The van der Waals surface area contributed by atoms with E-state index in [9.17, 15) is 10.1 Å². The quantitative estimate of drug-likeness (QED) is 0.767. The Kier molecular flexibility index (Phi) is 3.03. The van der Waals surface area contributed by atoms with Crippen LogP contribution in [0.4, 0.5) is 5.00 Å². The van der Waals surface area contributed by atoms with Gasteiger partial charge in [0.05, 0.1) is 5.56 Å². The zero-order valence-corrected chi connectivity index (χ0v) is 10.8. The number of amides is 1. The van der Waals surface area contributed by atoms with Crippen LogP contribution in [0.25, 0.3) is 0 Å². The summed E-state index contributed by atoms with van der Waals surface area (Å²) in [6.45, 7) is 1.63. The minimum Gasteiger partial charge on any atom is -0.312 e. The molecule has 0 spiro atoms. The van der Waals surface area contributed by atoms with Crippen LogP contribution in [0.1, 0.15) is 26.5 Å². The Balaban J connectivity index is 1.91. The molecule has 1 amide bonds. The van der Waals surface area contributed by atoms with Crippen molar-refractivity contribution < 1.29 is 4.79 Å². The normalized spacial score (nSPS) is 13.6. The van der Waals surface area contributed by atoms with E-state index in [1.807, 2.05) is 0 Å². The number of H-pyrrole nitrogens is 1. The first-order chi connectivity index (χ1) is 9.29. The predicted molar refractivity (Wildman–Crippen MR) is 71.0 cm³/mol. The van der Waals surface area contributed by atoms with Crippen LogP contribution in [0.15, 0.2) is 12.3 Å². The van der Waals surface area contributed by atoms with Crippen LogP contribution >= 0.6 is 11.3 Å². The summed E-state index contributed by atoms with van der Waals surface area (Å²) in [7, 11) is 0. The smallest absolute Gasteiger partial charge is 0.274 e. The molecule has 0 fully saturated rings. The molecule has 0 aromatic carbocycles. The maximum Gasteiger partial charge on any atom is 0.274 e. The minimum absolute atomic E-state index is 0.277. The molecule has 6 nitrogen and oxygen atoms in total. The first-order valence-corrected chi connectivity index (χ1v) is 6.67. The van der Waals surface area contributed by atoms with Gasteiger partial charge < -0.3 is 10.6 Å². The lowest BCUT2D eigenvalue weighted by Gasteiger charge is -2.11. The molecule has 1 aliphatic rings. The Labute approximate surface area is 113 Å². The highest BCUT2D eigenvalue weighted by Gasteiger charge is 2.22. The first-order valence-electron chi connectivity index (χ1n) is 5.85. The molecule has 7 heteroatoms. The molecule has 96 valence electrons. The SMILES string of the molecule is N#Cc1c(NC(=O)c2ccn[nH]2)sc2c1CCNC2. The van der Waals surface area contributed by atoms with E-state index in [0.717, 1.165) is 30.0 Å². The highest BCUT2D eigenvalue weighted by molar-refractivity contribution is 7.16. The number of anilines is 1. The van der Waals surface area contributed by atoms with Crippen LogP contribution < -0.4 is 10.6 Å². The minimum atomic E-state index is -0.277. The van der Waals surface area contributed by atoms with Crippen LogP contribution in [0.3, 0.4) is 0 Å². The van der Waals surface area contributed by atoms with Crippen molar-refractivity contribution in [1.29, 1.82) is 5.26 Å². The average Bonchev–Trinajstić information content (AvgIpc) is 3.05. The van der Waals surface area contributed by atoms with Crippen molar-refractivity contribution in [3.05, 3.63) is 34.0 Å². The Hall–Kier alpha value is -2.17. The Morgan fingerprint density at radius 1 is 1.58 bits per heavy atom. The van der Waals surface area contributed by atoms with Gasteiger partial charge in [-0.15, -0.1) is 11.3 Å². The second kappa shape index (κ2) is 4.84. The maximum absolute atomic E-state index is 12.0. The van der Waals surface area contributed by atoms with Gasteiger partial charge in [0.25, 0.3) is 5.91 Å². The van der Waals surface area contributed by atoms with E-state index in [0.29, 0.717) is 16.3 Å². The number of fused-ring (bicyclic) bond motifs is 1. The topological polar surface area (TPSA) is 93.6 Å². The van der Waals surface area contributed by atoms with Crippen molar-refractivity contribution in [3.8, 4) is 6.07 Å². The highest BCUT2D eigenvalue weighted by Crippen LogP contribution is 2.34. The molecule has 0 bridgehead atoms. The van der Waals surface area contributed by atoms with Crippen molar-refractivity contribution >= 4 is 22.2 Å². The second-order valence-corrected chi connectivity index (χ2v) is 5.28. The van der Waals surface area contributed by atoms with Crippen LogP contribution in [0.2, 0.25) is 0 Å². The van der Waals surface area contributed by atoms with Gasteiger partial charge in [-0.2, -0.15) is 10.4 Å². The number of nitriles is 1. The van der Waals surface area contributed by atoms with Crippen molar-refractivity contribution in [2.24, 2.45) is 0 Å². The standard InChI is InChI=1S/C12H11N5OS/c13-5-8-7-1-3-14-6-10(7)19-12(8)16-11(18)9-2-4-15-17-9/h2,4,14H,1,3,6H2,(H,15,17)(H,16,18). The Morgan fingerprint density at radius 3 is 3.21 bits per heavy atom. The van der Waals surface area contributed by atoms with E-state index in [1.165, 1.54) is 17.5 Å². The molecule has 0 saturated carbocycles. The number of hydrogen-bond acceptors (Lipinski definition) is 5. The fourth-order valence-electron chi connectivity index (χ4n) is 2.09. The molecule has 3 N–H and O–H groups in total. The van der Waals surface area contributed by atoms with Gasteiger partial charge in [-0.3, -0.25) is 9.89 Å². The number of thiophene rings is 1. The molecular formula is C12H11N5OS. The van der Waals surface area contributed by atoms with E-state index in [4.69, 9.17) is 0 Å². The van der Waals surface area contributed by atoms with Gasteiger partial charge in [0, 0.05) is 17.6 Å². The Morgan fingerprint density at radius 2 is 2.47 bits per heavy atom. The number of nitrogens with one attached hydrogen (secondary N) is 3. The van der Waals surface area contributed by atoms with Gasteiger partial charge in [-0.1, -0.05) is 0 Å². The molecule has 19 heavy (non-hydrogen) atoms. The van der Waals surface area contributed by atoms with Gasteiger partial charge in [0.2, 0.25) is 0 Å². The van der Waals surface area contributed by atoms with Crippen LogP contribution in [0.5, 0.6) is 0 Å². The van der Waals surface area contributed by atoms with Crippen LogP contribution in [-0.2, 0) is 13.0 Å². The summed E-state index contributed by atoms with van der Waals surface area (Å²) in [5, 5.41) is 22.3. The number of rotatable bonds is 2. The van der Waals surface area contributed by atoms with Crippen molar-refractivity contribution in [1.82, 2.24) is 15.5 Å². The molecule has 0 atom stereocenters. The van der Waals surface area contributed by atoms with Gasteiger partial charge in [-0.25, -0.2) is 0 Å². The average molecular weight is 273 g/mol. The molecule has 2 aromatic heterocycles. The Bertz CT molecular complexity index is 652. The summed E-state index contributed by atoms with van der Waals surface area (Å²) in [5.74, 6) is -0.277. The summed E-state index contributed by atoms with van der Waals surface area (Å²) in [4.78, 5) is 13.1. The number of carbonyl (C=O) groups is 1. The maximum atomic E-state index is 12.0. The lowest BCUT2D eigenvalue weighted by Crippen LogP contribution is -2.22. The molecule has 0 unspecified atom stereocenters. The third-order valence-corrected chi connectivity index (χ3v) is 4.16. The van der Waals surface area contributed by atoms with E-state index in [1.54, 1.807) is 6.07 Å². The van der Waals surface area contributed by atoms with Crippen molar-refractivity contribution in [2.75, 3.05) is 11.9 Å². The predicted octanol–water partition coefficient (Wildman–Crippen LogP) is 1.24. The highest BCUT2D eigenvalue weighted by atomic mass is 32.1. The summed E-state index contributed by atoms with van der Waals surface area (Å²) < 4.78 is 0. The summed E-state index contributed by atoms with van der Waals surface area (Å²) >= 11 is 1.46. The molecule has 0 aliphatic carbocycles. The van der Waals surface area contributed by atoms with Gasteiger partial charge >= 0.3 is 0 Å². The number of carbonyl (C=O) groups excluding carboxylic acids is 1. The zero-order chi connectivity index (χ0) is 13.2. The van der Waals surface area contributed by atoms with E-state index in [2.05, 4.69) is 26.9 Å². The largest absolute Gasteiger partial charge is 0.312 e. The van der Waals surface area contributed by atoms with Crippen LogP contribution in [0, 0.1) is 11.3 Å². The molecule has 3 heterocycles. The summed E-state index contributed by atoms with van der Waals surface area (Å²) in [5.41, 5.74) is 2.04. The molecule has 1 aliphatic heterocycles. The zero-order valence-electron chi connectivity index (χ0n) is 9.99. The third kappa shape index (κ3) is 2.12. The van der Waals surface area contributed by atoms with Gasteiger partial charge in [0.15, 0.2) is 0 Å². The fraction of sp³-hybridized carbons (Fsp3) is 0.250. The first kappa shape index (κ1) is 11.9. The number of hydrogen-bond donors (Lipinski definition) is 3. The number of aromatic amines is 1.